The molecule has 0 saturated heterocycles. The molecule has 1 saturated carbocycles. The molecule has 0 aliphatic heterocycles. The van der Waals surface area contributed by atoms with Crippen LogP contribution in [0.1, 0.15) is 37.1 Å². The number of aromatic hydroxyl groups is 1. The van der Waals surface area contributed by atoms with E-state index in [0.717, 1.165) is 41.3 Å². The van der Waals surface area contributed by atoms with Crippen molar-refractivity contribution in [2.45, 2.75) is 50.9 Å². The van der Waals surface area contributed by atoms with Crippen LogP contribution in [0.15, 0.2) is 57.4 Å². The van der Waals surface area contributed by atoms with Gasteiger partial charge in [-0.05, 0) is 61.6 Å². The molecule has 2 N–H and O–H groups in total. The third kappa shape index (κ3) is 5.23. The van der Waals surface area contributed by atoms with Gasteiger partial charge >= 0.3 is 0 Å². The van der Waals surface area contributed by atoms with Crippen molar-refractivity contribution in [2.75, 3.05) is 0 Å². The van der Waals surface area contributed by atoms with E-state index < -0.39 is 0 Å². The van der Waals surface area contributed by atoms with E-state index >= 15 is 0 Å². The maximum absolute atomic E-state index is 9.88. The molecule has 1 aliphatic rings. The molecule has 0 radical (unpaired) electrons. The summed E-state index contributed by atoms with van der Waals surface area (Å²) in [4.78, 5) is 2.30. The van der Waals surface area contributed by atoms with Gasteiger partial charge in [0.2, 0.25) is 11.8 Å². The molecule has 7 heteroatoms. The molecule has 0 spiro atoms. The van der Waals surface area contributed by atoms with E-state index in [1.807, 2.05) is 36.4 Å². The number of nitrogens with zero attached hydrogens (tertiary/aromatic N) is 3. The molecule has 29 heavy (non-hydrogen) atoms. The summed E-state index contributed by atoms with van der Waals surface area (Å²) >= 11 is 3.47. The topological polar surface area (TPSA) is 82.6 Å². The maximum Gasteiger partial charge on any atom is 0.247 e. The molecular formula is C22H24BrN3O3. The number of hydrogen-bond donors (Lipinski definition) is 2. The Balaban J connectivity index is 1.53. The van der Waals surface area contributed by atoms with E-state index in [1.54, 1.807) is 12.1 Å². The van der Waals surface area contributed by atoms with Crippen molar-refractivity contribution in [2.24, 2.45) is 0 Å². The van der Waals surface area contributed by atoms with Crippen molar-refractivity contribution in [1.82, 2.24) is 15.1 Å². The van der Waals surface area contributed by atoms with Gasteiger partial charge in [0.1, 0.15) is 5.75 Å². The Bertz CT molecular complexity index is 954. The summed E-state index contributed by atoms with van der Waals surface area (Å²) in [7, 11) is 0. The van der Waals surface area contributed by atoms with E-state index in [1.165, 1.54) is 0 Å². The van der Waals surface area contributed by atoms with E-state index in [9.17, 15) is 10.2 Å². The molecule has 0 unspecified atom stereocenters. The number of phenols is 1. The molecule has 1 aromatic heterocycles. The number of phenolic OH excluding ortho intramolecular Hbond substituents is 1. The normalized spacial score (nSPS) is 19.6. The highest BCUT2D eigenvalue weighted by atomic mass is 79.9. The minimum atomic E-state index is -0.208. The number of hydrogen-bond acceptors (Lipinski definition) is 6. The van der Waals surface area contributed by atoms with Gasteiger partial charge in [0.25, 0.3) is 0 Å². The lowest BCUT2D eigenvalue weighted by atomic mass is 9.91. The second kappa shape index (κ2) is 9.07. The van der Waals surface area contributed by atoms with Gasteiger partial charge in [0.05, 0.1) is 12.6 Å². The number of halogens is 1. The van der Waals surface area contributed by atoms with Gasteiger partial charge in [-0.25, -0.2) is 0 Å². The Morgan fingerprint density at radius 2 is 1.79 bits per heavy atom. The summed E-state index contributed by atoms with van der Waals surface area (Å²) in [5, 5.41) is 28.2. The summed E-state index contributed by atoms with van der Waals surface area (Å²) in [6.07, 6.45) is 3.24. The molecule has 0 amide bonds. The third-order valence-electron chi connectivity index (χ3n) is 5.36. The fraction of sp³-hybridized carbons (Fsp3) is 0.364. The zero-order valence-corrected chi connectivity index (χ0v) is 17.6. The number of benzene rings is 2. The number of aliphatic hydroxyl groups is 1. The largest absolute Gasteiger partial charge is 0.508 e. The quantitative estimate of drug-likeness (QED) is 0.566. The fourth-order valence-electron chi connectivity index (χ4n) is 3.86. The minimum Gasteiger partial charge on any atom is -0.508 e. The van der Waals surface area contributed by atoms with Crippen molar-refractivity contribution < 1.29 is 14.6 Å². The van der Waals surface area contributed by atoms with Gasteiger partial charge in [-0.15, -0.1) is 10.2 Å². The molecule has 0 bridgehead atoms. The summed E-state index contributed by atoms with van der Waals surface area (Å²) in [5.41, 5.74) is 1.90. The first-order chi connectivity index (χ1) is 14.1. The highest BCUT2D eigenvalue weighted by Gasteiger charge is 2.26. The zero-order valence-electron chi connectivity index (χ0n) is 16.0. The Hall–Kier alpha value is -2.22. The van der Waals surface area contributed by atoms with Crippen LogP contribution in [0.4, 0.5) is 0 Å². The molecule has 152 valence electrons. The van der Waals surface area contributed by atoms with E-state index in [0.29, 0.717) is 30.9 Å². The Labute approximate surface area is 178 Å². The fourth-order valence-corrected chi connectivity index (χ4v) is 4.26. The third-order valence-corrected chi connectivity index (χ3v) is 5.85. The molecule has 2 aromatic carbocycles. The molecule has 3 aromatic rings. The van der Waals surface area contributed by atoms with Gasteiger partial charge in [-0.3, -0.25) is 4.90 Å². The summed E-state index contributed by atoms with van der Waals surface area (Å²) < 4.78 is 6.90. The highest BCUT2D eigenvalue weighted by molar-refractivity contribution is 9.10. The lowest BCUT2D eigenvalue weighted by molar-refractivity contribution is 0.0625. The van der Waals surface area contributed by atoms with Crippen LogP contribution in [0, 0.1) is 0 Å². The van der Waals surface area contributed by atoms with Crippen LogP contribution < -0.4 is 0 Å². The van der Waals surface area contributed by atoms with Gasteiger partial charge in [-0.2, -0.15) is 0 Å². The van der Waals surface area contributed by atoms with Gasteiger partial charge in [0.15, 0.2) is 0 Å². The van der Waals surface area contributed by atoms with Crippen LogP contribution in [0.25, 0.3) is 11.5 Å². The van der Waals surface area contributed by atoms with Crippen molar-refractivity contribution >= 4 is 15.9 Å². The number of rotatable bonds is 6. The zero-order chi connectivity index (χ0) is 20.2. The average Bonchev–Trinajstić information content (AvgIpc) is 3.17. The SMILES string of the molecule is Oc1cccc(CN(Cc2nnc(-c3cccc(Br)c3)o2)C2CCC(O)CC2)c1. The summed E-state index contributed by atoms with van der Waals surface area (Å²) in [6.45, 7) is 1.20. The predicted octanol–water partition coefficient (Wildman–Crippen LogP) is 4.51. The summed E-state index contributed by atoms with van der Waals surface area (Å²) in [5.74, 6) is 1.32. The number of aromatic nitrogens is 2. The monoisotopic (exact) mass is 457 g/mol. The van der Waals surface area contributed by atoms with Crippen molar-refractivity contribution in [3.63, 3.8) is 0 Å². The van der Waals surface area contributed by atoms with Crippen LogP contribution in [-0.4, -0.2) is 37.5 Å². The highest BCUT2D eigenvalue weighted by Crippen LogP contribution is 2.28. The van der Waals surface area contributed by atoms with Crippen LogP contribution in [0.3, 0.4) is 0 Å². The van der Waals surface area contributed by atoms with E-state index in [2.05, 4.69) is 31.0 Å². The van der Waals surface area contributed by atoms with Crippen LogP contribution in [0.5, 0.6) is 5.75 Å². The minimum absolute atomic E-state index is 0.208. The Morgan fingerprint density at radius 1 is 1.00 bits per heavy atom. The first-order valence-corrected chi connectivity index (χ1v) is 10.6. The molecule has 1 fully saturated rings. The van der Waals surface area contributed by atoms with Gasteiger partial charge in [0, 0.05) is 22.6 Å². The molecule has 0 atom stereocenters. The summed E-state index contributed by atoms with van der Waals surface area (Å²) in [6, 6.07) is 15.4. The van der Waals surface area contributed by atoms with Gasteiger partial charge < -0.3 is 14.6 Å². The lowest BCUT2D eigenvalue weighted by Crippen LogP contribution is -2.38. The first kappa shape index (κ1) is 20.1. The molecule has 4 rings (SSSR count). The van der Waals surface area contributed by atoms with E-state index in [-0.39, 0.29) is 11.9 Å². The standard InChI is InChI=1S/C22H24BrN3O3/c23-17-5-2-4-16(12-17)22-25-24-21(29-22)14-26(18-7-9-19(27)10-8-18)13-15-3-1-6-20(28)11-15/h1-6,11-12,18-19,27-28H,7-10,13-14H2. The smallest absolute Gasteiger partial charge is 0.247 e. The van der Waals surface area contributed by atoms with Crippen molar-refractivity contribution in [1.29, 1.82) is 0 Å². The van der Waals surface area contributed by atoms with Gasteiger partial charge in [-0.1, -0.05) is 34.1 Å². The van der Waals surface area contributed by atoms with Crippen LogP contribution >= 0.6 is 15.9 Å². The van der Waals surface area contributed by atoms with Crippen LogP contribution in [-0.2, 0) is 13.1 Å². The average molecular weight is 458 g/mol. The molecule has 6 nitrogen and oxygen atoms in total. The predicted molar refractivity (Wildman–Crippen MR) is 113 cm³/mol. The second-order valence-corrected chi connectivity index (χ2v) is 8.46. The van der Waals surface area contributed by atoms with Crippen LogP contribution in [0.2, 0.25) is 0 Å². The lowest BCUT2D eigenvalue weighted by Gasteiger charge is -2.35. The second-order valence-electron chi connectivity index (χ2n) is 7.55. The maximum atomic E-state index is 9.88. The number of aliphatic hydroxyl groups excluding tert-OH is 1. The molecular weight excluding hydrogens is 434 g/mol. The first-order valence-electron chi connectivity index (χ1n) is 9.85. The van der Waals surface area contributed by atoms with E-state index in [4.69, 9.17) is 4.42 Å². The molecule has 1 aliphatic carbocycles. The van der Waals surface area contributed by atoms with Crippen molar-refractivity contribution in [3.8, 4) is 17.2 Å². The Kier molecular flexibility index (Phi) is 6.28. The Morgan fingerprint density at radius 3 is 2.55 bits per heavy atom. The molecule has 1 heterocycles. The van der Waals surface area contributed by atoms with Crippen molar-refractivity contribution in [3.05, 3.63) is 64.5 Å².